The molecule has 1 aliphatic carbocycles. The summed E-state index contributed by atoms with van der Waals surface area (Å²) in [5.74, 6) is 0.750. The van der Waals surface area contributed by atoms with Crippen LogP contribution in [0.15, 0.2) is 30.0 Å². The van der Waals surface area contributed by atoms with Gasteiger partial charge in [-0.05, 0) is 23.6 Å². The molecule has 0 aromatic heterocycles. The summed E-state index contributed by atoms with van der Waals surface area (Å²) in [7, 11) is 0. The first-order valence-corrected chi connectivity index (χ1v) is 4.32. The standard InChI is InChI=1S/C11H12O/c1-2-9-10-6-4-3-5-8(10)7-11(9)12/h3-7,9,12H,2H2,1H3. The first-order valence-electron chi connectivity index (χ1n) is 4.32. The van der Waals surface area contributed by atoms with Gasteiger partial charge < -0.3 is 5.11 Å². The third-order valence-corrected chi connectivity index (χ3v) is 2.44. The molecule has 1 aromatic carbocycles. The van der Waals surface area contributed by atoms with E-state index in [0.717, 1.165) is 6.42 Å². The van der Waals surface area contributed by atoms with Crippen LogP contribution in [0.3, 0.4) is 0 Å². The first-order chi connectivity index (χ1) is 5.83. The summed E-state index contributed by atoms with van der Waals surface area (Å²) in [5, 5.41) is 9.57. The van der Waals surface area contributed by atoms with Crippen molar-refractivity contribution in [3.05, 3.63) is 41.2 Å². The van der Waals surface area contributed by atoms with Gasteiger partial charge in [0.2, 0.25) is 0 Å². The van der Waals surface area contributed by atoms with Gasteiger partial charge in [0.1, 0.15) is 5.76 Å². The molecule has 0 saturated carbocycles. The molecule has 0 bridgehead atoms. The SMILES string of the molecule is CCC1C(O)=Cc2ccccc21. The van der Waals surface area contributed by atoms with Crippen molar-refractivity contribution < 1.29 is 5.11 Å². The maximum Gasteiger partial charge on any atom is 0.100 e. The van der Waals surface area contributed by atoms with Crippen molar-refractivity contribution in [1.29, 1.82) is 0 Å². The highest BCUT2D eigenvalue weighted by Gasteiger charge is 2.22. The van der Waals surface area contributed by atoms with E-state index in [9.17, 15) is 5.11 Å². The number of fused-ring (bicyclic) bond motifs is 1. The fourth-order valence-electron chi connectivity index (χ4n) is 1.81. The number of hydrogen-bond donors (Lipinski definition) is 1. The maximum absolute atomic E-state index is 9.57. The Hall–Kier alpha value is -1.24. The smallest absolute Gasteiger partial charge is 0.100 e. The molecule has 1 aliphatic rings. The Bertz CT molecular complexity index is 326. The molecule has 0 aliphatic heterocycles. The Morgan fingerprint density at radius 3 is 2.83 bits per heavy atom. The molecule has 0 amide bonds. The third-order valence-electron chi connectivity index (χ3n) is 2.44. The molecule has 0 spiro atoms. The van der Waals surface area contributed by atoms with E-state index >= 15 is 0 Å². The minimum Gasteiger partial charge on any atom is -0.512 e. The summed E-state index contributed by atoms with van der Waals surface area (Å²) in [4.78, 5) is 0. The number of rotatable bonds is 1. The number of benzene rings is 1. The van der Waals surface area contributed by atoms with Gasteiger partial charge in [0.15, 0.2) is 0 Å². The van der Waals surface area contributed by atoms with Gasteiger partial charge in [0.25, 0.3) is 0 Å². The normalized spacial score (nSPS) is 20.4. The van der Waals surface area contributed by atoms with Crippen molar-refractivity contribution in [2.24, 2.45) is 0 Å². The van der Waals surface area contributed by atoms with Gasteiger partial charge in [-0.25, -0.2) is 0 Å². The number of aliphatic hydroxyl groups is 1. The molecule has 12 heavy (non-hydrogen) atoms. The average Bonchev–Trinajstić information content (AvgIpc) is 2.40. The third kappa shape index (κ3) is 0.934. The van der Waals surface area contributed by atoms with Gasteiger partial charge in [-0.1, -0.05) is 31.2 Å². The van der Waals surface area contributed by atoms with Gasteiger partial charge in [-0.3, -0.25) is 0 Å². The molecular weight excluding hydrogens is 148 g/mol. The van der Waals surface area contributed by atoms with E-state index in [4.69, 9.17) is 0 Å². The zero-order valence-corrected chi connectivity index (χ0v) is 7.12. The Labute approximate surface area is 72.4 Å². The highest BCUT2D eigenvalue weighted by atomic mass is 16.3. The number of aliphatic hydroxyl groups excluding tert-OH is 1. The van der Waals surface area contributed by atoms with Crippen LogP contribution >= 0.6 is 0 Å². The number of allylic oxidation sites excluding steroid dienone is 1. The Kier molecular flexibility index (Phi) is 1.65. The monoisotopic (exact) mass is 160 g/mol. The van der Waals surface area contributed by atoms with Crippen LogP contribution in [0.5, 0.6) is 0 Å². The minimum absolute atomic E-state index is 0.237. The molecule has 1 heteroatoms. The van der Waals surface area contributed by atoms with E-state index in [1.807, 2.05) is 24.3 Å². The van der Waals surface area contributed by atoms with Gasteiger partial charge in [0.05, 0.1) is 0 Å². The summed E-state index contributed by atoms with van der Waals surface area (Å²) < 4.78 is 0. The minimum atomic E-state index is 0.237. The van der Waals surface area contributed by atoms with Crippen molar-refractivity contribution >= 4 is 6.08 Å². The first kappa shape index (κ1) is 7.41. The second kappa shape index (κ2) is 2.67. The largest absolute Gasteiger partial charge is 0.512 e. The molecule has 0 radical (unpaired) electrons. The van der Waals surface area contributed by atoms with E-state index in [-0.39, 0.29) is 5.92 Å². The summed E-state index contributed by atoms with van der Waals surface area (Å²) in [6, 6.07) is 8.15. The fraction of sp³-hybridized carbons (Fsp3) is 0.273. The van der Waals surface area contributed by atoms with E-state index in [1.165, 1.54) is 11.1 Å². The molecule has 0 heterocycles. The van der Waals surface area contributed by atoms with Crippen LogP contribution in [-0.2, 0) is 0 Å². The van der Waals surface area contributed by atoms with Crippen molar-refractivity contribution in [3.63, 3.8) is 0 Å². The Morgan fingerprint density at radius 2 is 2.08 bits per heavy atom. The predicted octanol–water partition coefficient (Wildman–Crippen LogP) is 3.09. The van der Waals surface area contributed by atoms with E-state index in [2.05, 4.69) is 13.0 Å². The van der Waals surface area contributed by atoms with E-state index in [1.54, 1.807) is 0 Å². The lowest BCUT2D eigenvalue weighted by Crippen LogP contribution is -1.95. The molecule has 1 atom stereocenters. The second-order valence-corrected chi connectivity index (χ2v) is 3.16. The van der Waals surface area contributed by atoms with Crippen LogP contribution in [0.4, 0.5) is 0 Å². The molecule has 0 fully saturated rings. The molecule has 1 unspecified atom stereocenters. The van der Waals surface area contributed by atoms with Gasteiger partial charge in [0, 0.05) is 5.92 Å². The molecule has 1 aromatic rings. The highest BCUT2D eigenvalue weighted by molar-refractivity contribution is 5.64. The van der Waals surface area contributed by atoms with Crippen molar-refractivity contribution in [2.45, 2.75) is 19.3 Å². The van der Waals surface area contributed by atoms with Crippen LogP contribution in [0.25, 0.3) is 6.08 Å². The Balaban J connectivity index is 2.50. The number of hydrogen-bond acceptors (Lipinski definition) is 1. The topological polar surface area (TPSA) is 20.2 Å². The van der Waals surface area contributed by atoms with E-state index < -0.39 is 0 Å². The fourth-order valence-corrected chi connectivity index (χ4v) is 1.81. The summed E-state index contributed by atoms with van der Waals surface area (Å²) >= 11 is 0. The molecule has 62 valence electrons. The highest BCUT2D eigenvalue weighted by Crippen LogP contribution is 2.36. The van der Waals surface area contributed by atoms with Crippen LogP contribution in [-0.4, -0.2) is 5.11 Å². The van der Waals surface area contributed by atoms with Crippen LogP contribution in [0.1, 0.15) is 30.4 Å². The lowest BCUT2D eigenvalue weighted by Gasteiger charge is -2.08. The van der Waals surface area contributed by atoms with Crippen molar-refractivity contribution in [3.8, 4) is 0 Å². The average molecular weight is 160 g/mol. The van der Waals surface area contributed by atoms with Crippen molar-refractivity contribution in [2.75, 3.05) is 0 Å². The van der Waals surface area contributed by atoms with Gasteiger partial charge in [-0.2, -0.15) is 0 Å². The Morgan fingerprint density at radius 1 is 1.33 bits per heavy atom. The predicted molar refractivity (Wildman–Crippen MR) is 50.1 cm³/mol. The van der Waals surface area contributed by atoms with Crippen LogP contribution in [0, 0.1) is 0 Å². The van der Waals surface area contributed by atoms with Gasteiger partial charge >= 0.3 is 0 Å². The molecule has 1 nitrogen and oxygen atoms in total. The molecule has 2 rings (SSSR count). The summed E-state index contributed by atoms with van der Waals surface area (Å²) in [5.41, 5.74) is 2.43. The maximum atomic E-state index is 9.57. The summed E-state index contributed by atoms with van der Waals surface area (Å²) in [6.07, 6.45) is 2.84. The molecular formula is C11H12O. The zero-order valence-electron chi connectivity index (χ0n) is 7.12. The second-order valence-electron chi connectivity index (χ2n) is 3.16. The summed E-state index contributed by atoms with van der Waals surface area (Å²) in [6.45, 7) is 2.09. The molecule has 0 saturated heterocycles. The quantitative estimate of drug-likeness (QED) is 0.669. The van der Waals surface area contributed by atoms with Gasteiger partial charge in [-0.15, -0.1) is 0 Å². The van der Waals surface area contributed by atoms with Crippen LogP contribution < -0.4 is 0 Å². The zero-order chi connectivity index (χ0) is 8.55. The van der Waals surface area contributed by atoms with Crippen LogP contribution in [0.2, 0.25) is 0 Å². The van der Waals surface area contributed by atoms with E-state index in [0.29, 0.717) is 5.76 Å². The lowest BCUT2D eigenvalue weighted by molar-refractivity contribution is 0.374. The lowest BCUT2D eigenvalue weighted by atomic mass is 9.98. The van der Waals surface area contributed by atoms with Crippen molar-refractivity contribution in [1.82, 2.24) is 0 Å². The molecule has 1 N–H and O–H groups in total.